The second-order valence-corrected chi connectivity index (χ2v) is 6.98. The smallest absolute Gasteiger partial charge is 0.151 e. The van der Waals surface area contributed by atoms with E-state index in [4.69, 9.17) is 0 Å². The number of aldehydes is 1. The van der Waals surface area contributed by atoms with Crippen LogP contribution in [0, 0.1) is 0 Å². The minimum absolute atomic E-state index is 0.675. The highest BCUT2D eigenvalue weighted by molar-refractivity contribution is 5.76. The molecule has 1 saturated carbocycles. The van der Waals surface area contributed by atoms with Crippen LogP contribution in [0.2, 0.25) is 0 Å². The third kappa shape index (κ3) is 3.56. The molecule has 1 aliphatic carbocycles. The van der Waals surface area contributed by atoms with Gasteiger partial charge in [-0.25, -0.2) is 0 Å². The van der Waals surface area contributed by atoms with Crippen molar-refractivity contribution in [3.63, 3.8) is 0 Å². The van der Waals surface area contributed by atoms with Crippen LogP contribution in [0.1, 0.15) is 36.0 Å². The first kappa shape index (κ1) is 16.2. The molecule has 2 heterocycles. The quantitative estimate of drug-likeness (QED) is 0.803. The fraction of sp³-hybridized carbons (Fsp3) is 0.450. The molecule has 130 valence electrons. The molecule has 0 atom stereocenters. The Kier molecular flexibility index (Phi) is 4.74. The number of carbonyl (C=O) groups is 1. The van der Waals surface area contributed by atoms with E-state index >= 15 is 0 Å². The van der Waals surface area contributed by atoms with E-state index in [1.807, 2.05) is 18.2 Å². The van der Waals surface area contributed by atoms with Crippen molar-refractivity contribution in [1.82, 2.24) is 15.1 Å². The van der Waals surface area contributed by atoms with Gasteiger partial charge in [0.15, 0.2) is 5.82 Å². The normalized spacial score (nSPS) is 19.3. The highest BCUT2D eigenvalue weighted by Gasteiger charge is 2.26. The summed E-state index contributed by atoms with van der Waals surface area (Å²) in [7, 11) is 0. The van der Waals surface area contributed by atoms with Crippen LogP contribution in [-0.4, -0.2) is 53.6 Å². The zero-order chi connectivity index (χ0) is 17.1. The molecule has 0 N–H and O–H groups in total. The van der Waals surface area contributed by atoms with Gasteiger partial charge in [0.05, 0.1) is 5.69 Å². The molecule has 0 unspecified atom stereocenters. The van der Waals surface area contributed by atoms with E-state index in [2.05, 4.69) is 26.1 Å². The molecule has 2 aliphatic rings. The summed E-state index contributed by atoms with van der Waals surface area (Å²) in [4.78, 5) is 15.7. The first-order valence-corrected chi connectivity index (χ1v) is 9.22. The Morgan fingerprint density at radius 1 is 0.880 bits per heavy atom. The SMILES string of the molecule is O=Cc1ccc(-c2ccc(N3CCN(C4CCCC4)CC3)nn2)cc1. The second-order valence-electron chi connectivity index (χ2n) is 6.98. The average molecular weight is 336 g/mol. The zero-order valence-electron chi connectivity index (χ0n) is 14.5. The molecule has 0 spiro atoms. The minimum atomic E-state index is 0.675. The summed E-state index contributed by atoms with van der Waals surface area (Å²) >= 11 is 0. The molecule has 25 heavy (non-hydrogen) atoms. The van der Waals surface area contributed by atoms with Crippen molar-refractivity contribution >= 4 is 12.1 Å². The van der Waals surface area contributed by atoms with Crippen LogP contribution in [-0.2, 0) is 0 Å². The van der Waals surface area contributed by atoms with Gasteiger partial charge >= 0.3 is 0 Å². The molecule has 5 heteroatoms. The van der Waals surface area contributed by atoms with Crippen LogP contribution < -0.4 is 4.90 Å². The summed E-state index contributed by atoms with van der Waals surface area (Å²) in [5, 5.41) is 8.81. The fourth-order valence-corrected chi connectivity index (χ4v) is 3.97. The summed E-state index contributed by atoms with van der Waals surface area (Å²) < 4.78 is 0. The number of nitrogens with zero attached hydrogens (tertiary/aromatic N) is 4. The van der Waals surface area contributed by atoms with Crippen LogP contribution in [0.5, 0.6) is 0 Å². The van der Waals surface area contributed by atoms with Crippen molar-refractivity contribution < 1.29 is 4.79 Å². The standard InChI is InChI=1S/C20H24N4O/c25-15-16-5-7-17(8-6-16)19-9-10-20(22-21-19)24-13-11-23(12-14-24)18-3-1-2-4-18/h5-10,15,18H,1-4,11-14H2. The molecule has 0 bridgehead atoms. The Bertz CT molecular complexity index is 699. The lowest BCUT2D eigenvalue weighted by atomic mass is 10.1. The van der Waals surface area contributed by atoms with E-state index < -0.39 is 0 Å². The van der Waals surface area contributed by atoms with E-state index in [0.717, 1.165) is 55.6 Å². The highest BCUT2D eigenvalue weighted by atomic mass is 16.1. The first-order valence-electron chi connectivity index (χ1n) is 9.22. The Morgan fingerprint density at radius 3 is 2.20 bits per heavy atom. The Morgan fingerprint density at radius 2 is 1.60 bits per heavy atom. The largest absolute Gasteiger partial charge is 0.353 e. The monoisotopic (exact) mass is 336 g/mol. The van der Waals surface area contributed by atoms with Gasteiger partial charge in [-0.2, -0.15) is 0 Å². The Balaban J connectivity index is 1.39. The van der Waals surface area contributed by atoms with Gasteiger partial charge in [-0.3, -0.25) is 9.69 Å². The molecule has 1 saturated heterocycles. The van der Waals surface area contributed by atoms with Gasteiger partial charge in [-0.15, -0.1) is 10.2 Å². The molecule has 1 aliphatic heterocycles. The lowest BCUT2D eigenvalue weighted by Gasteiger charge is -2.38. The molecule has 2 aromatic rings. The van der Waals surface area contributed by atoms with Crippen molar-refractivity contribution in [2.24, 2.45) is 0 Å². The number of hydrogen-bond donors (Lipinski definition) is 0. The van der Waals surface area contributed by atoms with Gasteiger partial charge in [0, 0.05) is 43.3 Å². The summed E-state index contributed by atoms with van der Waals surface area (Å²) in [5.41, 5.74) is 2.50. The number of benzene rings is 1. The number of rotatable bonds is 4. The van der Waals surface area contributed by atoms with Crippen molar-refractivity contribution in [2.75, 3.05) is 31.1 Å². The molecule has 1 aromatic heterocycles. The van der Waals surface area contributed by atoms with Crippen LogP contribution >= 0.6 is 0 Å². The minimum Gasteiger partial charge on any atom is -0.353 e. The maximum absolute atomic E-state index is 10.7. The van der Waals surface area contributed by atoms with Crippen molar-refractivity contribution in [2.45, 2.75) is 31.7 Å². The molecular weight excluding hydrogens is 312 g/mol. The third-order valence-corrected chi connectivity index (χ3v) is 5.47. The van der Waals surface area contributed by atoms with E-state index in [-0.39, 0.29) is 0 Å². The Hall–Kier alpha value is -2.27. The van der Waals surface area contributed by atoms with Gasteiger partial charge in [0.2, 0.25) is 0 Å². The molecule has 1 aromatic carbocycles. The molecular formula is C20H24N4O. The van der Waals surface area contributed by atoms with Gasteiger partial charge < -0.3 is 4.90 Å². The molecule has 0 radical (unpaired) electrons. The van der Waals surface area contributed by atoms with Crippen molar-refractivity contribution in [1.29, 1.82) is 0 Å². The number of aromatic nitrogens is 2. The summed E-state index contributed by atoms with van der Waals surface area (Å²) in [6.07, 6.45) is 6.38. The van der Waals surface area contributed by atoms with Crippen LogP contribution in [0.25, 0.3) is 11.3 Å². The van der Waals surface area contributed by atoms with Crippen molar-refractivity contribution in [3.05, 3.63) is 42.0 Å². The third-order valence-electron chi connectivity index (χ3n) is 5.47. The molecule has 5 nitrogen and oxygen atoms in total. The van der Waals surface area contributed by atoms with Gasteiger partial charge in [0.25, 0.3) is 0 Å². The van der Waals surface area contributed by atoms with Crippen molar-refractivity contribution in [3.8, 4) is 11.3 Å². The summed E-state index contributed by atoms with van der Waals surface area (Å²) in [6, 6.07) is 12.3. The maximum Gasteiger partial charge on any atom is 0.151 e. The highest BCUT2D eigenvalue weighted by Crippen LogP contribution is 2.25. The number of anilines is 1. The molecule has 0 amide bonds. The van der Waals surface area contributed by atoms with Crippen LogP contribution in [0.15, 0.2) is 36.4 Å². The van der Waals surface area contributed by atoms with Crippen LogP contribution in [0.3, 0.4) is 0 Å². The topological polar surface area (TPSA) is 49.3 Å². The van der Waals surface area contributed by atoms with Gasteiger partial charge in [0.1, 0.15) is 6.29 Å². The zero-order valence-corrected chi connectivity index (χ0v) is 14.5. The number of carbonyl (C=O) groups excluding carboxylic acids is 1. The van der Waals surface area contributed by atoms with E-state index in [9.17, 15) is 4.79 Å². The lowest BCUT2D eigenvalue weighted by Crippen LogP contribution is -2.50. The lowest BCUT2D eigenvalue weighted by molar-refractivity contribution is 0.112. The summed E-state index contributed by atoms with van der Waals surface area (Å²) in [6.45, 7) is 4.31. The molecule has 2 fully saturated rings. The van der Waals surface area contributed by atoms with Crippen LogP contribution in [0.4, 0.5) is 5.82 Å². The van der Waals surface area contributed by atoms with E-state index in [1.165, 1.54) is 25.7 Å². The van der Waals surface area contributed by atoms with E-state index in [1.54, 1.807) is 12.1 Å². The van der Waals surface area contributed by atoms with Gasteiger partial charge in [-0.05, 0) is 25.0 Å². The van der Waals surface area contributed by atoms with Gasteiger partial charge in [-0.1, -0.05) is 37.1 Å². The second kappa shape index (κ2) is 7.31. The Labute approximate surface area is 148 Å². The predicted octanol–water partition coefficient (Wildman–Crippen LogP) is 3.02. The average Bonchev–Trinajstić information content (AvgIpc) is 3.23. The van der Waals surface area contributed by atoms with E-state index in [0.29, 0.717) is 5.56 Å². The number of hydrogen-bond acceptors (Lipinski definition) is 5. The fourth-order valence-electron chi connectivity index (χ4n) is 3.97. The first-order chi connectivity index (χ1) is 12.3. The summed E-state index contributed by atoms with van der Waals surface area (Å²) in [5.74, 6) is 0.958. The maximum atomic E-state index is 10.7. The predicted molar refractivity (Wildman–Crippen MR) is 98.9 cm³/mol. The molecule has 4 rings (SSSR count). The number of piperazine rings is 1.